The van der Waals surface area contributed by atoms with Crippen LogP contribution in [0.1, 0.15) is 55.0 Å². The number of anilines is 2. The monoisotopic (exact) mass is 763 g/mol. The first kappa shape index (κ1) is 35.3. The molecule has 0 radical (unpaired) electrons. The minimum absolute atomic E-state index is 0.0217. The van der Waals surface area contributed by atoms with Crippen LogP contribution in [-0.2, 0) is 24.4 Å². The maximum absolute atomic E-state index is 13.8. The summed E-state index contributed by atoms with van der Waals surface area (Å²) < 4.78 is 48.4. The van der Waals surface area contributed by atoms with E-state index >= 15 is 0 Å². The topological polar surface area (TPSA) is 114 Å². The van der Waals surface area contributed by atoms with Gasteiger partial charge in [0.1, 0.15) is 11.5 Å². The summed E-state index contributed by atoms with van der Waals surface area (Å²) in [5, 5.41) is 10.5. The first-order chi connectivity index (χ1) is 25.4. The summed E-state index contributed by atoms with van der Waals surface area (Å²) in [7, 11) is 3.01. The zero-order valence-corrected chi connectivity index (χ0v) is 30.3. The molecule has 0 saturated carbocycles. The Kier molecular flexibility index (Phi) is 8.86. The number of hydrogen-bond donors (Lipinski definition) is 2. The Morgan fingerprint density at radius 3 is 2.51 bits per heavy atom. The quantitative estimate of drug-likeness (QED) is 0.180. The van der Waals surface area contributed by atoms with E-state index in [1.54, 1.807) is 31.4 Å². The number of aryl methyl sites for hydroxylation is 2. The number of methoxy groups -OCH3 is 1. The number of carbonyl (C=O) groups is 1. The summed E-state index contributed by atoms with van der Waals surface area (Å²) in [5.41, 5.74) is 2.76. The van der Waals surface area contributed by atoms with Crippen molar-refractivity contribution in [2.45, 2.75) is 56.3 Å². The van der Waals surface area contributed by atoms with Crippen molar-refractivity contribution in [3.8, 4) is 28.3 Å². The van der Waals surface area contributed by atoms with Gasteiger partial charge in [-0.05, 0) is 55.9 Å². The molecular weight excluding hydrogens is 730 g/mol. The molecule has 2 fully saturated rings. The van der Waals surface area contributed by atoms with Gasteiger partial charge in [-0.15, -0.1) is 0 Å². The largest absolute Gasteiger partial charge is 0.481 e. The normalized spacial score (nSPS) is 20.2. The van der Waals surface area contributed by atoms with Gasteiger partial charge in [-0.25, -0.2) is 14.6 Å². The number of fused-ring (bicyclic) bond motifs is 2. The summed E-state index contributed by atoms with van der Waals surface area (Å²) >= 11 is 14.1. The maximum atomic E-state index is 13.8. The molecule has 10 nitrogen and oxygen atoms in total. The molecule has 3 aliphatic rings. The lowest BCUT2D eigenvalue weighted by atomic mass is 9.88. The van der Waals surface area contributed by atoms with Gasteiger partial charge in [-0.2, -0.15) is 18.3 Å². The van der Waals surface area contributed by atoms with E-state index in [0.717, 1.165) is 67.1 Å². The van der Waals surface area contributed by atoms with E-state index in [9.17, 15) is 22.8 Å². The molecule has 0 bridgehead atoms. The van der Waals surface area contributed by atoms with E-state index in [2.05, 4.69) is 31.7 Å². The van der Waals surface area contributed by atoms with Crippen molar-refractivity contribution >= 4 is 51.4 Å². The summed E-state index contributed by atoms with van der Waals surface area (Å²) in [4.78, 5) is 36.5. The Morgan fingerprint density at radius 2 is 1.75 bits per heavy atom. The second-order valence-electron chi connectivity index (χ2n) is 13.9. The van der Waals surface area contributed by atoms with Gasteiger partial charge >= 0.3 is 6.18 Å². The molecule has 8 rings (SSSR count). The Balaban J connectivity index is 1.13. The van der Waals surface area contributed by atoms with Gasteiger partial charge in [0.05, 0.1) is 45.7 Å². The van der Waals surface area contributed by atoms with Crippen molar-refractivity contribution in [1.29, 1.82) is 0 Å². The second-order valence-corrected chi connectivity index (χ2v) is 14.7. The van der Waals surface area contributed by atoms with Crippen molar-refractivity contribution in [1.82, 2.24) is 30.0 Å². The number of alkyl halides is 3. The highest BCUT2D eigenvalue weighted by Gasteiger charge is 2.45. The van der Waals surface area contributed by atoms with Crippen molar-refractivity contribution < 1.29 is 22.7 Å². The number of benzene rings is 2. The molecule has 1 aliphatic carbocycles. The van der Waals surface area contributed by atoms with Gasteiger partial charge in [0.25, 0.3) is 5.56 Å². The number of piperidine rings is 1. The highest BCUT2D eigenvalue weighted by molar-refractivity contribution is 6.39. The number of ether oxygens (including phenoxy) is 1. The van der Waals surface area contributed by atoms with Crippen LogP contribution in [0, 0.1) is 0 Å². The van der Waals surface area contributed by atoms with Gasteiger partial charge in [0.2, 0.25) is 11.8 Å². The minimum Gasteiger partial charge on any atom is -0.481 e. The molecule has 1 spiro atoms. The van der Waals surface area contributed by atoms with E-state index in [1.165, 1.54) is 13.2 Å². The predicted octanol–water partition coefficient (Wildman–Crippen LogP) is 7.87. The zero-order chi connectivity index (χ0) is 37.2. The van der Waals surface area contributed by atoms with Crippen LogP contribution >= 0.6 is 23.2 Å². The first-order valence-electron chi connectivity index (χ1n) is 17.3. The van der Waals surface area contributed by atoms with Gasteiger partial charge in [0.15, 0.2) is 0 Å². The van der Waals surface area contributed by atoms with Crippen LogP contribution in [0.4, 0.5) is 24.7 Å². The molecule has 5 heterocycles. The Labute approximate surface area is 312 Å². The van der Waals surface area contributed by atoms with E-state index in [0.29, 0.717) is 39.7 Å². The third kappa shape index (κ3) is 6.28. The van der Waals surface area contributed by atoms with E-state index in [1.807, 2.05) is 12.1 Å². The molecule has 2 saturated heterocycles. The Hall–Kier alpha value is -4.72. The van der Waals surface area contributed by atoms with Crippen LogP contribution in [0.5, 0.6) is 5.88 Å². The number of nitrogens with one attached hydrogen (secondary N) is 2. The van der Waals surface area contributed by atoms with Crippen molar-refractivity contribution in [3.05, 3.63) is 91.9 Å². The number of nitrogens with zero attached hydrogens (tertiary/aromatic N) is 5. The molecule has 15 heteroatoms. The van der Waals surface area contributed by atoms with E-state index in [-0.39, 0.29) is 44.8 Å². The zero-order valence-electron chi connectivity index (χ0n) is 28.8. The van der Waals surface area contributed by atoms with Crippen molar-refractivity contribution in [2.24, 2.45) is 7.05 Å². The minimum atomic E-state index is -4.77. The lowest BCUT2D eigenvalue weighted by Gasteiger charge is -2.35. The fourth-order valence-electron chi connectivity index (χ4n) is 8.12. The van der Waals surface area contributed by atoms with E-state index in [4.69, 9.17) is 32.9 Å². The molecule has 274 valence electrons. The predicted molar refractivity (Wildman–Crippen MR) is 197 cm³/mol. The Morgan fingerprint density at radius 1 is 1.00 bits per heavy atom. The van der Waals surface area contributed by atoms with Crippen LogP contribution in [0.15, 0.2) is 59.5 Å². The SMILES string of the molecule is COc1nc(-c2cccc(-c3cccc(Nc4nc(C(F)(F)F)cc5cnn(C)c(=O)c45)c3Cl)c2Cl)cc2c1C(N1CCC3(CCCC(=O)N3)C1)CC2. The fourth-order valence-corrected chi connectivity index (χ4v) is 8.72. The number of amides is 1. The second kappa shape index (κ2) is 13.3. The molecule has 2 N–H and O–H groups in total. The highest BCUT2D eigenvalue weighted by Crippen LogP contribution is 2.47. The number of hydrogen-bond acceptors (Lipinski definition) is 8. The number of carbonyl (C=O) groups excluding carboxylic acids is 1. The molecule has 5 aromatic rings. The number of rotatable bonds is 6. The molecule has 2 atom stereocenters. The van der Waals surface area contributed by atoms with Gasteiger partial charge in [0, 0.05) is 60.2 Å². The average Bonchev–Trinajstić information content (AvgIpc) is 3.74. The lowest BCUT2D eigenvalue weighted by molar-refractivity contribution is -0.141. The van der Waals surface area contributed by atoms with Crippen molar-refractivity contribution in [2.75, 3.05) is 25.5 Å². The summed E-state index contributed by atoms with van der Waals surface area (Å²) in [6.07, 6.45) is 1.54. The smallest absolute Gasteiger partial charge is 0.433 e. The Bertz CT molecular complexity index is 2370. The molecule has 2 unspecified atom stereocenters. The van der Waals surface area contributed by atoms with Crippen LogP contribution < -0.4 is 20.9 Å². The van der Waals surface area contributed by atoms with Gasteiger partial charge in [-0.3, -0.25) is 14.5 Å². The molecule has 2 aliphatic heterocycles. The van der Waals surface area contributed by atoms with Crippen LogP contribution in [0.3, 0.4) is 0 Å². The molecule has 2 aromatic carbocycles. The molecule has 1 amide bonds. The van der Waals surface area contributed by atoms with Crippen LogP contribution in [0.2, 0.25) is 10.0 Å². The number of halogens is 5. The standard InChI is InChI=1S/C38H34Cl2F3N7O3/c1-49-36(52)31-21(18-44-49)17-28(38(41,42)43)47-34(31)45-25-9-4-7-23(33(25)40)22-6-3-8-24(32(22)39)26-16-20-11-12-27(30(20)35(46-26)53-2)50-15-14-37(19-50)13-5-10-29(51)48-37/h3-4,6-9,16-18,27H,5,10-15,19H2,1-2H3,(H,45,47)(H,48,51). The highest BCUT2D eigenvalue weighted by atomic mass is 35.5. The summed E-state index contributed by atoms with van der Waals surface area (Å²) in [6, 6.07) is 13.5. The van der Waals surface area contributed by atoms with Gasteiger partial charge < -0.3 is 15.4 Å². The fraction of sp³-hybridized carbons (Fsp3) is 0.342. The van der Waals surface area contributed by atoms with E-state index < -0.39 is 17.4 Å². The number of pyridine rings is 2. The van der Waals surface area contributed by atoms with Crippen LogP contribution in [0.25, 0.3) is 33.2 Å². The number of likely N-dealkylation sites (tertiary alicyclic amines) is 1. The molecular formula is C38H34Cl2F3N7O3. The van der Waals surface area contributed by atoms with Crippen molar-refractivity contribution in [3.63, 3.8) is 0 Å². The van der Waals surface area contributed by atoms with Crippen LogP contribution in [-0.4, -0.2) is 56.3 Å². The summed E-state index contributed by atoms with van der Waals surface area (Å²) in [6.45, 7) is 1.68. The average molecular weight is 765 g/mol. The third-order valence-corrected chi connectivity index (χ3v) is 11.5. The summed E-state index contributed by atoms with van der Waals surface area (Å²) in [5.74, 6) is 0.349. The third-order valence-electron chi connectivity index (χ3n) is 10.6. The maximum Gasteiger partial charge on any atom is 0.433 e. The molecule has 3 aromatic heterocycles. The van der Waals surface area contributed by atoms with Gasteiger partial charge in [-0.1, -0.05) is 53.5 Å². The molecule has 53 heavy (non-hydrogen) atoms. The lowest BCUT2D eigenvalue weighted by Crippen LogP contribution is -2.53. The first-order valence-corrected chi connectivity index (χ1v) is 18.0. The number of aromatic nitrogens is 4.